The highest BCUT2D eigenvalue weighted by Gasteiger charge is 2.15. The number of benzene rings is 3. The number of thioether (sulfide) groups is 1. The van der Waals surface area contributed by atoms with Crippen LogP contribution in [0.3, 0.4) is 0 Å². The number of ether oxygens (including phenoxy) is 1. The van der Waals surface area contributed by atoms with Gasteiger partial charge in [-0.2, -0.15) is 0 Å². The minimum atomic E-state index is -0.198. The molecular weight excluding hydrogens is 436 g/mol. The van der Waals surface area contributed by atoms with Gasteiger partial charge in [0.25, 0.3) is 5.56 Å². The number of amides is 1. The van der Waals surface area contributed by atoms with Crippen LogP contribution in [-0.2, 0) is 4.79 Å². The molecule has 1 aromatic heterocycles. The van der Waals surface area contributed by atoms with Crippen LogP contribution in [0.2, 0.25) is 0 Å². The van der Waals surface area contributed by atoms with E-state index < -0.39 is 0 Å². The van der Waals surface area contributed by atoms with Crippen molar-refractivity contribution in [1.29, 1.82) is 0 Å². The summed E-state index contributed by atoms with van der Waals surface area (Å²) in [6, 6.07) is 22.0. The lowest BCUT2D eigenvalue weighted by Crippen LogP contribution is -2.23. The molecule has 1 heterocycles. The van der Waals surface area contributed by atoms with Crippen molar-refractivity contribution in [3.63, 3.8) is 0 Å². The Morgan fingerprint density at radius 3 is 2.55 bits per heavy atom. The number of carbonyl (C=O) groups excluding carboxylic acids is 1. The fourth-order valence-electron chi connectivity index (χ4n) is 3.36. The van der Waals surface area contributed by atoms with Crippen molar-refractivity contribution in [3.05, 3.63) is 83.2 Å². The summed E-state index contributed by atoms with van der Waals surface area (Å²) in [5, 5.41) is 3.84. The molecule has 0 aliphatic carbocycles. The van der Waals surface area contributed by atoms with Crippen molar-refractivity contribution in [2.24, 2.45) is 0 Å². The van der Waals surface area contributed by atoms with E-state index in [2.05, 4.69) is 10.3 Å². The molecule has 0 spiro atoms. The van der Waals surface area contributed by atoms with Gasteiger partial charge in [0.2, 0.25) is 5.91 Å². The van der Waals surface area contributed by atoms with E-state index in [0.29, 0.717) is 33.2 Å². The minimum absolute atomic E-state index is 0.101. The molecule has 0 radical (unpaired) electrons. The molecule has 7 nitrogen and oxygen atoms in total. The molecule has 0 aliphatic rings. The largest absolute Gasteiger partial charge is 0.497 e. The van der Waals surface area contributed by atoms with E-state index in [1.165, 1.54) is 16.3 Å². The van der Waals surface area contributed by atoms with Crippen molar-refractivity contribution >= 4 is 39.9 Å². The lowest BCUT2D eigenvalue weighted by molar-refractivity contribution is -0.113. The smallest absolute Gasteiger partial charge is 0.266 e. The normalized spacial score (nSPS) is 10.8. The van der Waals surface area contributed by atoms with Crippen molar-refractivity contribution in [2.75, 3.05) is 37.2 Å². The van der Waals surface area contributed by atoms with Gasteiger partial charge in [-0.1, -0.05) is 30.0 Å². The van der Waals surface area contributed by atoms with E-state index in [4.69, 9.17) is 4.74 Å². The molecule has 0 fully saturated rings. The van der Waals surface area contributed by atoms with Crippen LogP contribution in [0.4, 0.5) is 11.4 Å². The molecule has 0 aliphatic heterocycles. The summed E-state index contributed by atoms with van der Waals surface area (Å²) in [7, 11) is 5.50. The number of fused-ring (bicyclic) bond motifs is 1. The second kappa shape index (κ2) is 9.79. The fraction of sp³-hybridized carbons (Fsp3) is 0.160. The molecule has 8 heteroatoms. The first-order valence-electron chi connectivity index (χ1n) is 10.3. The number of hydrogen-bond donors (Lipinski definition) is 1. The average Bonchev–Trinajstić information content (AvgIpc) is 2.83. The van der Waals surface area contributed by atoms with E-state index in [1.807, 2.05) is 73.6 Å². The van der Waals surface area contributed by atoms with Crippen LogP contribution < -0.4 is 20.5 Å². The van der Waals surface area contributed by atoms with Crippen molar-refractivity contribution in [3.8, 4) is 11.4 Å². The SMILES string of the molecule is COc1cccc(-n2c(SCC(=O)Nc3ccc(N(C)C)cc3)nc3ccccc3c2=O)c1. The zero-order valence-electron chi connectivity index (χ0n) is 18.6. The third-order valence-electron chi connectivity index (χ3n) is 5.06. The Balaban J connectivity index is 1.62. The highest BCUT2D eigenvalue weighted by Crippen LogP contribution is 2.24. The molecule has 0 bridgehead atoms. The van der Waals surface area contributed by atoms with Gasteiger partial charge in [-0.15, -0.1) is 0 Å². The Labute approximate surface area is 196 Å². The highest BCUT2D eigenvalue weighted by molar-refractivity contribution is 7.99. The van der Waals surface area contributed by atoms with E-state index in [9.17, 15) is 9.59 Å². The van der Waals surface area contributed by atoms with Gasteiger partial charge in [0, 0.05) is 31.5 Å². The number of carbonyl (C=O) groups is 1. The Bertz CT molecular complexity index is 1350. The van der Waals surface area contributed by atoms with Gasteiger partial charge in [-0.25, -0.2) is 4.98 Å². The predicted molar refractivity (Wildman–Crippen MR) is 134 cm³/mol. The number of nitrogens with zero attached hydrogens (tertiary/aromatic N) is 3. The number of hydrogen-bond acceptors (Lipinski definition) is 6. The maximum absolute atomic E-state index is 13.3. The number of aromatic nitrogens is 2. The summed E-state index contributed by atoms with van der Waals surface area (Å²) in [6.45, 7) is 0. The topological polar surface area (TPSA) is 76.5 Å². The summed E-state index contributed by atoms with van der Waals surface area (Å²) >= 11 is 1.21. The van der Waals surface area contributed by atoms with Crippen LogP contribution >= 0.6 is 11.8 Å². The van der Waals surface area contributed by atoms with Gasteiger partial charge in [-0.05, 0) is 48.5 Å². The lowest BCUT2D eigenvalue weighted by Gasteiger charge is -2.14. The molecule has 0 atom stereocenters. The van der Waals surface area contributed by atoms with Crippen molar-refractivity contribution < 1.29 is 9.53 Å². The molecule has 1 amide bonds. The molecule has 4 rings (SSSR count). The predicted octanol–water partition coefficient (Wildman–Crippen LogP) is 4.19. The van der Waals surface area contributed by atoms with E-state index in [0.717, 1.165) is 5.69 Å². The highest BCUT2D eigenvalue weighted by atomic mass is 32.2. The Kier molecular flexibility index (Phi) is 6.65. The van der Waals surface area contributed by atoms with Crippen molar-refractivity contribution in [2.45, 2.75) is 5.16 Å². The van der Waals surface area contributed by atoms with Crippen molar-refractivity contribution in [1.82, 2.24) is 9.55 Å². The summed E-state index contributed by atoms with van der Waals surface area (Å²) in [5.74, 6) is 0.545. The lowest BCUT2D eigenvalue weighted by atomic mass is 10.2. The maximum Gasteiger partial charge on any atom is 0.266 e. The van der Waals surface area contributed by atoms with Gasteiger partial charge in [0.15, 0.2) is 5.16 Å². The standard InChI is InChI=1S/C25H24N4O3S/c1-28(2)18-13-11-17(12-14-18)26-23(30)16-33-25-27-22-10-5-4-9-21(22)24(31)29(25)19-7-6-8-20(15-19)32-3/h4-15H,16H2,1-3H3,(H,26,30). The van der Waals surface area contributed by atoms with Crippen LogP contribution in [0.25, 0.3) is 16.6 Å². The molecule has 0 unspecified atom stereocenters. The van der Waals surface area contributed by atoms with Gasteiger partial charge in [-0.3, -0.25) is 14.2 Å². The van der Waals surface area contributed by atoms with E-state index in [-0.39, 0.29) is 17.2 Å². The zero-order chi connectivity index (χ0) is 23.4. The quantitative estimate of drug-likeness (QED) is 0.329. The van der Waals surface area contributed by atoms with Crippen LogP contribution in [0.15, 0.2) is 82.7 Å². The molecule has 168 valence electrons. The van der Waals surface area contributed by atoms with Crippen LogP contribution in [0.5, 0.6) is 5.75 Å². The number of methoxy groups -OCH3 is 1. The average molecular weight is 461 g/mol. The molecular formula is C25H24N4O3S. The van der Waals surface area contributed by atoms with Crippen LogP contribution in [-0.4, -0.2) is 42.4 Å². The summed E-state index contributed by atoms with van der Waals surface area (Å²) < 4.78 is 6.84. The monoisotopic (exact) mass is 460 g/mol. The molecule has 0 saturated heterocycles. The summed E-state index contributed by atoms with van der Waals surface area (Å²) in [6.07, 6.45) is 0. The zero-order valence-corrected chi connectivity index (χ0v) is 19.4. The van der Waals surface area contributed by atoms with Gasteiger partial charge >= 0.3 is 0 Å². The second-order valence-corrected chi connectivity index (χ2v) is 8.47. The Morgan fingerprint density at radius 2 is 1.82 bits per heavy atom. The molecule has 3 aromatic carbocycles. The number of rotatable bonds is 7. The third kappa shape index (κ3) is 5.01. The number of anilines is 2. The van der Waals surface area contributed by atoms with Crippen LogP contribution in [0.1, 0.15) is 0 Å². The molecule has 0 saturated carbocycles. The number of para-hydroxylation sites is 1. The summed E-state index contributed by atoms with van der Waals surface area (Å²) in [4.78, 5) is 32.6. The molecule has 1 N–H and O–H groups in total. The van der Waals surface area contributed by atoms with Gasteiger partial charge in [0.05, 0.1) is 29.5 Å². The Hall–Kier alpha value is -3.78. The third-order valence-corrected chi connectivity index (χ3v) is 5.99. The van der Waals surface area contributed by atoms with E-state index >= 15 is 0 Å². The first kappa shape index (κ1) is 22.4. The maximum atomic E-state index is 13.3. The number of nitrogens with one attached hydrogen (secondary N) is 1. The van der Waals surface area contributed by atoms with Gasteiger partial charge in [0.1, 0.15) is 5.75 Å². The molecule has 4 aromatic rings. The van der Waals surface area contributed by atoms with Gasteiger partial charge < -0.3 is 15.0 Å². The summed E-state index contributed by atoms with van der Waals surface area (Å²) in [5.41, 5.74) is 2.77. The second-order valence-electron chi connectivity index (χ2n) is 7.53. The first-order chi connectivity index (χ1) is 16.0. The van der Waals surface area contributed by atoms with Crippen LogP contribution in [0, 0.1) is 0 Å². The minimum Gasteiger partial charge on any atom is -0.497 e. The Morgan fingerprint density at radius 1 is 1.06 bits per heavy atom. The molecule has 33 heavy (non-hydrogen) atoms. The fourth-order valence-corrected chi connectivity index (χ4v) is 4.17. The first-order valence-corrected chi connectivity index (χ1v) is 11.3. The van der Waals surface area contributed by atoms with E-state index in [1.54, 1.807) is 25.3 Å².